The lowest BCUT2D eigenvalue weighted by molar-refractivity contribution is -0.113. The maximum Gasteiger partial charge on any atom is 0.251 e. The van der Waals surface area contributed by atoms with Crippen molar-refractivity contribution in [1.82, 2.24) is 0 Å². The number of carbonyl (C=O) groups excluding carboxylic acids is 2. The van der Waals surface area contributed by atoms with Gasteiger partial charge in [0.2, 0.25) is 5.91 Å². The van der Waals surface area contributed by atoms with Crippen molar-refractivity contribution >= 4 is 44.1 Å². The third-order valence-corrected chi connectivity index (χ3v) is 4.26. The van der Waals surface area contributed by atoms with Gasteiger partial charge in [-0.3, -0.25) is 9.59 Å². The van der Waals surface area contributed by atoms with E-state index in [1.54, 1.807) is 0 Å². The molecule has 1 aromatic rings. The van der Waals surface area contributed by atoms with Gasteiger partial charge in [-0.1, -0.05) is 15.9 Å². The van der Waals surface area contributed by atoms with Gasteiger partial charge < -0.3 is 11.1 Å². The fourth-order valence-electron chi connectivity index (χ4n) is 1.91. The number of hydrogen-bond donors (Lipinski definition) is 2. The van der Waals surface area contributed by atoms with Gasteiger partial charge in [0.05, 0.1) is 10.9 Å². The molecule has 0 bridgehead atoms. The van der Waals surface area contributed by atoms with Gasteiger partial charge in [-0.25, -0.2) is 0 Å². The Hall–Kier alpha value is -0.880. The summed E-state index contributed by atoms with van der Waals surface area (Å²) in [5.41, 5.74) is 6.89. The fraction of sp³-hybridized carbons (Fsp3) is 0.400. The largest absolute Gasteiger partial charge is 0.365 e. The van der Waals surface area contributed by atoms with Gasteiger partial charge in [-0.2, -0.15) is 0 Å². The van der Waals surface area contributed by atoms with Crippen molar-refractivity contribution in [3.8, 4) is 0 Å². The Balaban J connectivity index is 2.38. The molecule has 4 nitrogen and oxygen atoms in total. The summed E-state index contributed by atoms with van der Waals surface area (Å²) in [6.07, 6.45) is 2.92. The molecular formula is C10H11BrN2O2S. The Morgan fingerprint density at radius 1 is 1.44 bits per heavy atom. The number of hydrogen-bond acceptors (Lipinski definition) is 3. The molecule has 0 radical (unpaired) electrons. The SMILES string of the molecule is NC(=O)c1c(NC(=O)CBr)sc2c1CCC2. The summed E-state index contributed by atoms with van der Waals surface area (Å²) in [5.74, 6) is -0.619. The third-order valence-electron chi connectivity index (χ3n) is 2.54. The Bertz CT molecular complexity index is 456. The third kappa shape index (κ3) is 1.99. The molecule has 3 N–H and O–H groups in total. The molecule has 0 saturated carbocycles. The first kappa shape index (κ1) is 11.6. The highest BCUT2D eigenvalue weighted by Crippen LogP contribution is 2.38. The number of carbonyl (C=O) groups is 2. The number of nitrogens with one attached hydrogen (secondary N) is 1. The smallest absolute Gasteiger partial charge is 0.251 e. The van der Waals surface area contributed by atoms with Crippen LogP contribution >= 0.6 is 27.3 Å². The second-order valence-corrected chi connectivity index (χ2v) is 5.27. The average molecular weight is 303 g/mol. The minimum absolute atomic E-state index is 0.164. The van der Waals surface area contributed by atoms with Crippen molar-refractivity contribution in [2.75, 3.05) is 10.6 Å². The Labute approximate surface area is 105 Å². The molecule has 0 fully saturated rings. The number of nitrogens with two attached hydrogens (primary N) is 1. The van der Waals surface area contributed by atoms with E-state index >= 15 is 0 Å². The van der Waals surface area contributed by atoms with Gasteiger partial charge in [0.25, 0.3) is 5.91 Å². The van der Waals surface area contributed by atoms with Crippen molar-refractivity contribution in [2.24, 2.45) is 5.73 Å². The topological polar surface area (TPSA) is 72.2 Å². The van der Waals surface area contributed by atoms with Crippen molar-refractivity contribution in [3.05, 3.63) is 16.0 Å². The van der Waals surface area contributed by atoms with E-state index in [0.717, 1.165) is 24.8 Å². The summed E-state index contributed by atoms with van der Waals surface area (Å²) in [6, 6.07) is 0. The molecule has 0 aliphatic heterocycles. The van der Waals surface area contributed by atoms with Crippen LogP contribution in [-0.4, -0.2) is 17.1 Å². The quantitative estimate of drug-likeness (QED) is 0.834. The number of halogens is 1. The zero-order valence-corrected chi connectivity index (χ0v) is 10.9. The van der Waals surface area contributed by atoms with Crippen LogP contribution in [0.25, 0.3) is 0 Å². The zero-order chi connectivity index (χ0) is 11.7. The molecule has 0 unspecified atom stereocenters. The average Bonchev–Trinajstić information content (AvgIpc) is 2.76. The first-order valence-corrected chi connectivity index (χ1v) is 6.87. The first-order valence-electron chi connectivity index (χ1n) is 4.93. The van der Waals surface area contributed by atoms with Crippen molar-refractivity contribution in [1.29, 1.82) is 0 Å². The van der Waals surface area contributed by atoms with Crippen LogP contribution < -0.4 is 11.1 Å². The van der Waals surface area contributed by atoms with Gasteiger partial charge in [0.15, 0.2) is 0 Å². The first-order chi connectivity index (χ1) is 7.63. The van der Waals surface area contributed by atoms with Gasteiger partial charge in [-0.05, 0) is 24.8 Å². The van der Waals surface area contributed by atoms with Crippen LogP contribution in [-0.2, 0) is 17.6 Å². The molecule has 6 heteroatoms. The standard InChI is InChI=1S/C10H11BrN2O2S/c11-4-7(14)13-10-8(9(12)15)5-2-1-3-6(5)16-10/h1-4H2,(H2,12,15)(H,13,14). The van der Waals surface area contributed by atoms with Gasteiger partial charge >= 0.3 is 0 Å². The molecule has 0 spiro atoms. The molecule has 86 valence electrons. The molecule has 0 aromatic carbocycles. The maximum absolute atomic E-state index is 11.4. The number of thiophene rings is 1. The predicted molar refractivity (Wildman–Crippen MR) is 67.3 cm³/mol. The molecule has 0 atom stereocenters. The Morgan fingerprint density at radius 2 is 2.19 bits per heavy atom. The monoisotopic (exact) mass is 302 g/mol. The maximum atomic E-state index is 11.4. The molecule has 0 saturated heterocycles. The summed E-state index contributed by atoms with van der Waals surface area (Å²) in [5, 5.41) is 3.52. The highest BCUT2D eigenvalue weighted by atomic mass is 79.9. The van der Waals surface area contributed by atoms with Crippen LogP contribution in [0.1, 0.15) is 27.2 Å². The van der Waals surface area contributed by atoms with E-state index in [2.05, 4.69) is 21.2 Å². The summed E-state index contributed by atoms with van der Waals surface area (Å²) >= 11 is 4.53. The molecule has 1 aliphatic carbocycles. The highest BCUT2D eigenvalue weighted by molar-refractivity contribution is 9.09. The predicted octanol–water partition coefficient (Wildman–Crippen LogP) is 1.67. The molecule has 2 amide bonds. The van der Waals surface area contributed by atoms with Crippen molar-refractivity contribution < 1.29 is 9.59 Å². The molecule has 1 heterocycles. The highest BCUT2D eigenvalue weighted by Gasteiger charge is 2.25. The van der Waals surface area contributed by atoms with Crippen LogP contribution in [0.5, 0.6) is 0 Å². The van der Waals surface area contributed by atoms with Gasteiger partial charge in [-0.15, -0.1) is 11.3 Å². The van der Waals surface area contributed by atoms with E-state index in [0.29, 0.717) is 10.6 Å². The van der Waals surface area contributed by atoms with E-state index < -0.39 is 5.91 Å². The van der Waals surface area contributed by atoms with Crippen LogP contribution in [0.15, 0.2) is 0 Å². The fourth-order valence-corrected chi connectivity index (χ4v) is 3.36. The molecule has 2 rings (SSSR count). The Morgan fingerprint density at radius 3 is 2.81 bits per heavy atom. The van der Waals surface area contributed by atoms with E-state index in [-0.39, 0.29) is 11.2 Å². The number of primary amides is 1. The van der Waals surface area contributed by atoms with Crippen LogP contribution in [0.2, 0.25) is 0 Å². The number of alkyl halides is 1. The van der Waals surface area contributed by atoms with Gasteiger partial charge in [0.1, 0.15) is 5.00 Å². The summed E-state index contributed by atoms with van der Waals surface area (Å²) in [7, 11) is 0. The van der Waals surface area contributed by atoms with E-state index in [1.807, 2.05) is 0 Å². The summed E-state index contributed by atoms with van der Waals surface area (Å²) < 4.78 is 0. The number of fused-ring (bicyclic) bond motifs is 1. The van der Waals surface area contributed by atoms with Gasteiger partial charge in [0, 0.05) is 4.88 Å². The number of aryl methyl sites for hydroxylation is 1. The summed E-state index contributed by atoms with van der Waals surface area (Å²) in [4.78, 5) is 23.8. The number of rotatable bonds is 3. The Kier molecular flexibility index (Phi) is 3.30. The summed E-state index contributed by atoms with van der Waals surface area (Å²) in [6.45, 7) is 0. The van der Waals surface area contributed by atoms with E-state index in [1.165, 1.54) is 16.2 Å². The second kappa shape index (κ2) is 4.55. The molecule has 1 aliphatic rings. The molecule has 16 heavy (non-hydrogen) atoms. The van der Waals surface area contributed by atoms with Crippen LogP contribution in [0.3, 0.4) is 0 Å². The number of anilines is 1. The van der Waals surface area contributed by atoms with Crippen LogP contribution in [0, 0.1) is 0 Å². The number of amides is 2. The zero-order valence-electron chi connectivity index (χ0n) is 8.51. The second-order valence-electron chi connectivity index (χ2n) is 3.61. The normalized spacial score (nSPS) is 13.6. The van der Waals surface area contributed by atoms with E-state index in [4.69, 9.17) is 5.73 Å². The lowest BCUT2D eigenvalue weighted by atomic mass is 10.1. The molecule has 1 aromatic heterocycles. The van der Waals surface area contributed by atoms with Crippen LogP contribution in [0.4, 0.5) is 5.00 Å². The van der Waals surface area contributed by atoms with Crippen molar-refractivity contribution in [3.63, 3.8) is 0 Å². The van der Waals surface area contributed by atoms with E-state index in [9.17, 15) is 9.59 Å². The minimum atomic E-state index is -0.454. The minimum Gasteiger partial charge on any atom is -0.365 e. The molecular weight excluding hydrogens is 292 g/mol. The lowest BCUT2D eigenvalue weighted by Gasteiger charge is -2.03. The lowest BCUT2D eigenvalue weighted by Crippen LogP contribution is -2.18. The van der Waals surface area contributed by atoms with Crippen molar-refractivity contribution in [2.45, 2.75) is 19.3 Å².